The highest BCUT2D eigenvalue weighted by molar-refractivity contribution is 5.84. The second-order valence-electron chi connectivity index (χ2n) is 3.33. The SMILES string of the molecule is Nc1ncc(-c2cc3ccccc3[nH]2)o1. The van der Waals surface area contributed by atoms with Gasteiger partial charge in [0.2, 0.25) is 0 Å². The van der Waals surface area contributed by atoms with Gasteiger partial charge in [0.25, 0.3) is 6.01 Å². The Morgan fingerprint density at radius 2 is 2.13 bits per heavy atom. The van der Waals surface area contributed by atoms with Crippen LogP contribution >= 0.6 is 0 Å². The molecule has 3 rings (SSSR count). The molecule has 0 aliphatic rings. The maximum Gasteiger partial charge on any atom is 0.292 e. The second kappa shape index (κ2) is 2.88. The number of para-hydroxylation sites is 1. The zero-order chi connectivity index (χ0) is 10.3. The number of oxazole rings is 1. The van der Waals surface area contributed by atoms with Crippen molar-refractivity contribution in [2.24, 2.45) is 0 Å². The Balaban J connectivity index is 2.19. The summed E-state index contributed by atoms with van der Waals surface area (Å²) < 4.78 is 5.23. The van der Waals surface area contributed by atoms with E-state index in [1.165, 1.54) is 0 Å². The van der Waals surface area contributed by atoms with Crippen LogP contribution < -0.4 is 5.73 Å². The van der Waals surface area contributed by atoms with Crippen LogP contribution in [0.4, 0.5) is 6.01 Å². The van der Waals surface area contributed by atoms with Crippen molar-refractivity contribution in [3.8, 4) is 11.5 Å². The van der Waals surface area contributed by atoms with Crippen LogP contribution in [0.5, 0.6) is 0 Å². The number of aromatic nitrogens is 2. The lowest BCUT2D eigenvalue weighted by Crippen LogP contribution is -1.79. The van der Waals surface area contributed by atoms with Crippen molar-refractivity contribution in [3.63, 3.8) is 0 Å². The van der Waals surface area contributed by atoms with Gasteiger partial charge < -0.3 is 15.1 Å². The van der Waals surface area contributed by atoms with E-state index in [1.54, 1.807) is 6.20 Å². The summed E-state index contributed by atoms with van der Waals surface area (Å²) in [5.41, 5.74) is 7.38. The van der Waals surface area contributed by atoms with E-state index in [-0.39, 0.29) is 6.01 Å². The molecule has 0 saturated carbocycles. The molecule has 1 aromatic carbocycles. The second-order valence-corrected chi connectivity index (χ2v) is 3.33. The zero-order valence-electron chi connectivity index (χ0n) is 7.90. The van der Waals surface area contributed by atoms with Crippen LogP contribution in [0.25, 0.3) is 22.4 Å². The number of nitrogen functional groups attached to an aromatic ring is 1. The van der Waals surface area contributed by atoms with Crippen LogP contribution in [0.2, 0.25) is 0 Å². The smallest absolute Gasteiger partial charge is 0.292 e. The van der Waals surface area contributed by atoms with Crippen molar-refractivity contribution in [2.75, 3.05) is 5.73 Å². The van der Waals surface area contributed by atoms with Gasteiger partial charge in [-0.15, -0.1) is 0 Å². The molecule has 2 heterocycles. The summed E-state index contributed by atoms with van der Waals surface area (Å²) in [6.45, 7) is 0. The highest BCUT2D eigenvalue weighted by Gasteiger charge is 2.06. The lowest BCUT2D eigenvalue weighted by Gasteiger charge is -1.87. The highest BCUT2D eigenvalue weighted by Crippen LogP contribution is 2.24. The first-order valence-corrected chi connectivity index (χ1v) is 4.62. The molecule has 0 bridgehead atoms. The minimum Gasteiger partial charge on any atom is -0.422 e. The largest absolute Gasteiger partial charge is 0.422 e. The number of nitrogens with zero attached hydrogens (tertiary/aromatic N) is 1. The van der Waals surface area contributed by atoms with Gasteiger partial charge in [-0.25, -0.2) is 4.98 Å². The fourth-order valence-corrected chi connectivity index (χ4v) is 1.62. The van der Waals surface area contributed by atoms with E-state index < -0.39 is 0 Å². The Hall–Kier alpha value is -2.23. The van der Waals surface area contributed by atoms with Crippen molar-refractivity contribution in [1.29, 1.82) is 0 Å². The Kier molecular flexibility index (Phi) is 1.56. The van der Waals surface area contributed by atoms with E-state index >= 15 is 0 Å². The van der Waals surface area contributed by atoms with Gasteiger partial charge in [0.05, 0.1) is 11.9 Å². The number of fused-ring (bicyclic) bond motifs is 1. The van der Waals surface area contributed by atoms with Gasteiger partial charge >= 0.3 is 0 Å². The fourth-order valence-electron chi connectivity index (χ4n) is 1.62. The third-order valence-corrected chi connectivity index (χ3v) is 2.32. The van der Waals surface area contributed by atoms with Gasteiger partial charge in [-0.3, -0.25) is 0 Å². The highest BCUT2D eigenvalue weighted by atomic mass is 16.4. The van der Waals surface area contributed by atoms with Crippen LogP contribution in [0.15, 0.2) is 40.9 Å². The van der Waals surface area contributed by atoms with Crippen molar-refractivity contribution in [1.82, 2.24) is 9.97 Å². The van der Waals surface area contributed by atoms with Crippen molar-refractivity contribution < 1.29 is 4.42 Å². The molecule has 3 N–H and O–H groups in total. The van der Waals surface area contributed by atoms with Gasteiger partial charge in [-0.2, -0.15) is 0 Å². The van der Waals surface area contributed by atoms with Gasteiger partial charge in [0, 0.05) is 10.9 Å². The molecule has 0 aliphatic carbocycles. The van der Waals surface area contributed by atoms with Crippen LogP contribution in [0.1, 0.15) is 0 Å². The molecule has 0 spiro atoms. The fraction of sp³-hybridized carbons (Fsp3) is 0. The average Bonchev–Trinajstić information content (AvgIpc) is 2.82. The normalized spacial score (nSPS) is 10.9. The maximum absolute atomic E-state index is 5.42. The van der Waals surface area contributed by atoms with Crippen molar-refractivity contribution in [3.05, 3.63) is 36.5 Å². The van der Waals surface area contributed by atoms with Gasteiger partial charge in [-0.1, -0.05) is 18.2 Å². The molecular weight excluding hydrogens is 190 g/mol. The van der Waals surface area contributed by atoms with E-state index in [0.29, 0.717) is 5.76 Å². The Bertz CT molecular complexity index is 576. The molecule has 0 radical (unpaired) electrons. The van der Waals surface area contributed by atoms with Crippen molar-refractivity contribution in [2.45, 2.75) is 0 Å². The van der Waals surface area contributed by atoms with Crippen molar-refractivity contribution >= 4 is 16.9 Å². The number of rotatable bonds is 1. The monoisotopic (exact) mass is 199 g/mol. The molecule has 4 nitrogen and oxygen atoms in total. The number of nitrogens with two attached hydrogens (primary N) is 1. The minimum absolute atomic E-state index is 0.184. The van der Waals surface area contributed by atoms with E-state index in [2.05, 4.69) is 9.97 Å². The molecule has 0 aliphatic heterocycles. The number of aromatic amines is 1. The summed E-state index contributed by atoms with van der Waals surface area (Å²) in [4.78, 5) is 7.09. The van der Waals surface area contributed by atoms with Gasteiger partial charge in [-0.05, 0) is 12.1 Å². The Morgan fingerprint density at radius 3 is 2.87 bits per heavy atom. The molecule has 74 valence electrons. The van der Waals surface area contributed by atoms with Gasteiger partial charge in [0.15, 0.2) is 5.76 Å². The number of hydrogen-bond donors (Lipinski definition) is 2. The molecule has 4 heteroatoms. The summed E-state index contributed by atoms with van der Waals surface area (Å²) in [7, 11) is 0. The Morgan fingerprint density at radius 1 is 1.27 bits per heavy atom. The number of nitrogens with one attached hydrogen (secondary N) is 1. The van der Waals surface area contributed by atoms with Gasteiger partial charge in [0.1, 0.15) is 0 Å². The molecule has 3 aromatic rings. The predicted molar refractivity (Wildman–Crippen MR) is 58.2 cm³/mol. The Labute approximate surface area is 85.7 Å². The lowest BCUT2D eigenvalue weighted by molar-refractivity contribution is 0.593. The molecule has 2 aromatic heterocycles. The molecule has 0 unspecified atom stereocenters. The van der Waals surface area contributed by atoms with E-state index in [4.69, 9.17) is 10.2 Å². The van der Waals surface area contributed by atoms with Crippen LogP contribution in [-0.4, -0.2) is 9.97 Å². The quantitative estimate of drug-likeness (QED) is 0.632. The summed E-state index contributed by atoms with van der Waals surface area (Å²) >= 11 is 0. The molecule has 0 fully saturated rings. The summed E-state index contributed by atoms with van der Waals surface area (Å²) in [6, 6.07) is 10.2. The van der Waals surface area contributed by atoms with E-state index in [9.17, 15) is 0 Å². The number of H-pyrrole nitrogens is 1. The third kappa shape index (κ3) is 1.27. The zero-order valence-corrected chi connectivity index (χ0v) is 7.90. The standard InChI is InChI=1S/C11H9N3O/c12-11-13-6-10(15-11)9-5-7-3-1-2-4-8(7)14-9/h1-6,14H,(H2,12,13). The summed E-state index contributed by atoms with van der Waals surface area (Å²) in [6.07, 6.45) is 1.61. The minimum atomic E-state index is 0.184. The van der Waals surface area contributed by atoms with Crippen LogP contribution in [0, 0.1) is 0 Å². The van der Waals surface area contributed by atoms with E-state index in [1.807, 2.05) is 30.3 Å². The van der Waals surface area contributed by atoms with Crippen LogP contribution in [0.3, 0.4) is 0 Å². The number of hydrogen-bond acceptors (Lipinski definition) is 3. The predicted octanol–water partition coefficient (Wildman–Crippen LogP) is 2.41. The topological polar surface area (TPSA) is 67.8 Å². The first-order chi connectivity index (χ1) is 7.33. The molecular formula is C11H9N3O. The maximum atomic E-state index is 5.42. The van der Waals surface area contributed by atoms with E-state index in [0.717, 1.165) is 16.6 Å². The molecule has 0 amide bonds. The first-order valence-electron chi connectivity index (χ1n) is 4.62. The first kappa shape index (κ1) is 8.11. The molecule has 0 atom stereocenters. The summed E-state index contributed by atoms with van der Waals surface area (Å²) in [5.74, 6) is 0.656. The third-order valence-electron chi connectivity index (χ3n) is 2.32. The lowest BCUT2D eigenvalue weighted by atomic mass is 10.2. The molecule has 0 saturated heterocycles. The summed E-state index contributed by atoms with van der Waals surface area (Å²) in [5, 5.41) is 1.14. The average molecular weight is 199 g/mol. The number of anilines is 1. The number of benzene rings is 1. The van der Waals surface area contributed by atoms with Crippen LogP contribution in [-0.2, 0) is 0 Å². The molecule has 15 heavy (non-hydrogen) atoms.